The van der Waals surface area contributed by atoms with E-state index in [0.29, 0.717) is 29.7 Å². The molecular formula is C19H26N2O3. The number of carbonyl (C=O) groups is 1. The highest BCUT2D eigenvalue weighted by Gasteiger charge is 2.25. The molecule has 0 unspecified atom stereocenters. The predicted molar refractivity (Wildman–Crippen MR) is 92.0 cm³/mol. The van der Waals surface area contributed by atoms with E-state index >= 15 is 0 Å². The molecule has 5 heteroatoms. The maximum Gasteiger partial charge on any atom is 0.260 e. The van der Waals surface area contributed by atoms with Crippen molar-refractivity contribution in [3.63, 3.8) is 0 Å². The lowest BCUT2D eigenvalue weighted by molar-refractivity contribution is -0.134. The third-order valence-corrected chi connectivity index (χ3v) is 4.65. The van der Waals surface area contributed by atoms with E-state index in [9.17, 15) is 4.79 Å². The van der Waals surface area contributed by atoms with Crippen LogP contribution in [0.25, 0.3) is 0 Å². The molecule has 1 aromatic carbocycles. The Morgan fingerprint density at radius 2 is 1.96 bits per heavy atom. The van der Waals surface area contributed by atoms with E-state index in [0.717, 1.165) is 18.8 Å². The summed E-state index contributed by atoms with van der Waals surface area (Å²) < 4.78 is 11.2. The number of benzene rings is 1. The Morgan fingerprint density at radius 3 is 2.58 bits per heavy atom. The molecule has 0 N–H and O–H groups in total. The Morgan fingerprint density at radius 1 is 1.25 bits per heavy atom. The molecule has 1 aliphatic carbocycles. The average molecular weight is 330 g/mol. The number of carbonyl (C=O) groups excluding carboxylic acids is 1. The standard InChI is InChI=1S/C19H26N2O3/c1-4-23-18-11-15(12-20)7-10-17(18)24-13-19(22)21(3)16-8-5-14(2)6-9-16/h7,10-11,14,16H,4-6,8-9,13H2,1-3H3. The van der Waals surface area contributed by atoms with Crippen LogP contribution in [-0.4, -0.2) is 37.1 Å². The van der Waals surface area contributed by atoms with E-state index in [1.165, 1.54) is 12.8 Å². The van der Waals surface area contributed by atoms with Crippen LogP contribution in [-0.2, 0) is 4.79 Å². The Hall–Kier alpha value is -2.22. The van der Waals surface area contributed by atoms with Crippen molar-refractivity contribution in [2.24, 2.45) is 5.92 Å². The molecule has 0 radical (unpaired) electrons. The van der Waals surface area contributed by atoms with Crippen LogP contribution >= 0.6 is 0 Å². The summed E-state index contributed by atoms with van der Waals surface area (Å²) in [7, 11) is 1.86. The van der Waals surface area contributed by atoms with Crippen molar-refractivity contribution in [1.29, 1.82) is 5.26 Å². The number of nitriles is 1. The maximum absolute atomic E-state index is 12.4. The molecule has 5 nitrogen and oxygen atoms in total. The van der Waals surface area contributed by atoms with Gasteiger partial charge in [-0.1, -0.05) is 6.92 Å². The van der Waals surface area contributed by atoms with Crippen molar-refractivity contribution in [2.75, 3.05) is 20.3 Å². The molecule has 1 fully saturated rings. The van der Waals surface area contributed by atoms with E-state index in [2.05, 4.69) is 13.0 Å². The molecule has 2 rings (SSSR count). The second-order valence-corrected chi connectivity index (χ2v) is 6.41. The van der Waals surface area contributed by atoms with Crippen LogP contribution in [0.5, 0.6) is 11.5 Å². The fraction of sp³-hybridized carbons (Fsp3) is 0.579. The highest BCUT2D eigenvalue weighted by Crippen LogP contribution is 2.29. The number of rotatable bonds is 6. The Labute approximate surface area is 144 Å². The van der Waals surface area contributed by atoms with E-state index < -0.39 is 0 Å². The van der Waals surface area contributed by atoms with Gasteiger partial charge in [0.15, 0.2) is 18.1 Å². The van der Waals surface area contributed by atoms with Gasteiger partial charge in [0.2, 0.25) is 0 Å². The number of likely N-dealkylation sites (N-methyl/N-ethyl adjacent to an activating group) is 1. The predicted octanol–water partition coefficient (Wildman–Crippen LogP) is 3.37. The van der Waals surface area contributed by atoms with Crippen molar-refractivity contribution >= 4 is 5.91 Å². The molecule has 1 aliphatic rings. The van der Waals surface area contributed by atoms with Gasteiger partial charge in [0.25, 0.3) is 5.91 Å². The van der Waals surface area contributed by atoms with Crippen LogP contribution in [0.4, 0.5) is 0 Å². The van der Waals surface area contributed by atoms with E-state index in [1.54, 1.807) is 18.2 Å². The summed E-state index contributed by atoms with van der Waals surface area (Å²) in [6.45, 7) is 4.58. The van der Waals surface area contributed by atoms with E-state index in [-0.39, 0.29) is 12.5 Å². The number of hydrogen-bond donors (Lipinski definition) is 0. The molecule has 0 spiro atoms. The number of amides is 1. The van der Waals surface area contributed by atoms with Gasteiger partial charge in [0, 0.05) is 19.2 Å². The fourth-order valence-corrected chi connectivity index (χ4v) is 3.04. The highest BCUT2D eigenvalue weighted by molar-refractivity contribution is 5.78. The normalized spacial score (nSPS) is 20.1. The Balaban J connectivity index is 1.94. The van der Waals surface area contributed by atoms with E-state index in [1.807, 2.05) is 18.9 Å². The molecule has 130 valence electrons. The fourth-order valence-electron chi connectivity index (χ4n) is 3.04. The van der Waals surface area contributed by atoms with Crippen molar-refractivity contribution in [1.82, 2.24) is 4.90 Å². The summed E-state index contributed by atoms with van der Waals surface area (Å²) in [5.74, 6) is 1.73. The smallest absolute Gasteiger partial charge is 0.260 e. The zero-order valence-electron chi connectivity index (χ0n) is 14.7. The number of hydrogen-bond acceptors (Lipinski definition) is 4. The Kier molecular flexibility index (Phi) is 6.48. The maximum atomic E-state index is 12.4. The Bertz CT molecular complexity index is 601. The molecule has 0 bridgehead atoms. The van der Waals surface area contributed by atoms with Crippen LogP contribution < -0.4 is 9.47 Å². The first-order chi connectivity index (χ1) is 11.5. The van der Waals surface area contributed by atoms with Crippen LogP contribution in [0.1, 0.15) is 45.1 Å². The quantitative estimate of drug-likeness (QED) is 0.802. The average Bonchev–Trinajstić information content (AvgIpc) is 2.60. The second-order valence-electron chi connectivity index (χ2n) is 6.41. The van der Waals surface area contributed by atoms with Gasteiger partial charge < -0.3 is 14.4 Å². The molecule has 1 amide bonds. The molecule has 0 atom stereocenters. The topological polar surface area (TPSA) is 62.6 Å². The molecule has 1 saturated carbocycles. The van der Waals surface area contributed by atoms with Crippen LogP contribution in [0.2, 0.25) is 0 Å². The number of nitrogens with zero attached hydrogens (tertiary/aromatic N) is 2. The van der Waals surface area contributed by atoms with Gasteiger partial charge in [-0.15, -0.1) is 0 Å². The molecule has 1 aromatic rings. The van der Waals surface area contributed by atoms with Gasteiger partial charge in [-0.25, -0.2) is 0 Å². The van der Waals surface area contributed by atoms with Crippen LogP contribution in [0.3, 0.4) is 0 Å². The lowest BCUT2D eigenvalue weighted by atomic mass is 9.87. The third kappa shape index (κ3) is 4.64. The first-order valence-corrected chi connectivity index (χ1v) is 8.60. The summed E-state index contributed by atoms with van der Waals surface area (Å²) in [6, 6.07) is 7.36. The first-order valence-electron chi connectivity index (χ1n) is 8.60. The van der Waals surface area contributed by atoms with Crippen molar-refractivity contribution in [3.8, 4) is 17.6 Å². The summed E-state index contributed by atoms with van der Waals surface area (Å²) >= 11 is 0. The van der Waals surface area contributed by atoms with Gasteiger partial charge in [-0.05, 0) is 50.7 Å². The molecule has 0 aromatic heterocycles. The van der Waals surface area contributed by atoms with Crippen molar-refractivity contribution in [2.45, 2.75) is 45.6 Å². The van der Waals surface area contributed by atoms with Gasteiger partial charge in [0.1, 0.15) is 0 Å². The summed E-state index contributed by atoms with van der Waals surface area (Å²) in [6.07, 6.45) is 4.47. The molecular weight excluding hydrogens is 304 g/mol. The molecule has 24 heavy (non-hydrogen) atoms. The lowest BCUT2D eigenvalue weighted by Crippen LogP contribution is -2.41. The summed E-state index contributed by atoms with van der Waals surface area (Å²) in [5.41, 5.74) is 0.505. The van der Waals surface area contributed by atoms with Gasteiger partial charge in [0.05, 0.1) is 18.2 Å². The minimum atomic E-state index is -0.0265. The number of ether oxygens (including phenoxy) is 2. The third-order valence-electron chi connectivity index (χ3n) is 4.65. The van der Waals surface area contributed by atoms with Crippen molar-refractivity contribution in [3.05, 3.63) is 23.8 Å². The minimum absolute atomic E-state index is 0.0193. The van der Waals surface area contributed by atoms with Crippen LogP contribution in [0, 0.1) is 17.2 Å². The van der Waals surface area contributed by atoms with Crippen LogP contribution in [0.15, 0.2) is 18.2 Å². The molecule has 0 heterocycles. The highest BCUT2D eigenvalue weighted by atomic mass is 16.5. The zero-order valence-corrected chi connectivity index (χ0v) is 14.7. The monoisotopic (exact) mass is 330 g/mol. The van der Waals surface area contributed by atoms with Crippen molar-refractivity contribution < 1.29 is 14.3 Å². The first kappa shape index (κ1) is 18.1. The lowest BCUT2D eigenvalue weighted by Gasteiger charge is -2.33. The minimum Gasteiger partial charge on any atom is -0.490 e. The van der Waals surface area contributed by atoms with Gasteiger partial charge in [-0.3, -0.25) is 4.79 Å². The zero-order chi connectivity index (χ0) is 17.5. The van der Waals surface area contributed by atoms with Gasteiger partial charge >= 0.3 is 0 Å². The SMILES string of the molecule is CCOc1cc(C#N)ccc1OCC(=O)N(C)C1CCC(C)CC1. The largest absolute Gasteiger partial charge is 0.490 e. The van der Waals surface area contributed by atoms with E-state index in [4.69, 9.17) is 14.7 Å². The van der Waals surface area contributed by atoms with Gasteiger partial charge in [-0.2, -0.15) is 5.26 Å². The molecule has 0 aliphatic heterocycles. The summed E-state index contributed by atoms with van der Waals surface area (Å²) in [4.78, 5) is 14.2. The second kappa shape index (κ2) is 8.58. The summed E-state index contributed by atoms with van der Waals surface area (Å²) in [5, 5.41) is 8.97. The molecule has 0 saturated heterocycles.